The molecule has 0 aliphatic heterocycles. The fourth-order valence-corrected chi connectivity index (χ4v) is 2.26. The van der Waals surface area contributed by atoms with Crippen molar-refractivity contribution in [2.75, 3.05) is 7.11 Å². The first-order valence-electron chi connectivity index (χ1n) is 5.50. The van der Waals surface area contributed by atoms with Crippen molar-refractivity contribution in [3.05, 3.63) is 23.5 Å². The molecule has 0 aromatic heterocycles. The highest BCUT2D eigenvalue weighted by Crippen LogP contribution is 2.32. The summed E-state index contributed by atoms with van der Waals surface area (Å²) in [7, 11) is -0.442. The van der Waals surface area contributed by atoms with Crippen LogP contribution in [0, 0.1) is 5.82 Å². The first kappa shape index (κ1) is 14.5. The van der Waals surface area contributed by atoms with Gasteiger partial charge < -0.3 is 14.3 Å². The van der Waals surface area contributed by atoms with Gasteiger partial charge in [-0.05, 0) is 25.7 Å². The Bertz CT molecular complexity index is 454. The molecule has 4 nitrogen and oxygen atoms in total. The minimum Gasteiger partial charge on any atom is -0.542 e. The van der Waals surface area contributed by atoms with Gasteiger partial charge in [0.05, 0.1) is 13.5 Å². The van der Waals surface area contributed by atoms with Crippen LogP contribution in [0.2, 0.25) is 19.6 Å². The predicted octanol–water partition coefficient (Wildman–Crippen LogP) is 2.68. The summed E-state index contributed by atoms with van der Waals surface area (Å²) in [5.41, 5.74) is 0.0854. The van der Waals surface area contributed by atoms with Gasteiger partial charge in [0.25, 0.3) is 0 Å². The van der Waals surface area contributed by atoms with E-state index >= 15 is 0 Å². The summed E-state index contributed by atoms with van der Waals surface area (Å²) in [4.78, 5) is 10.6. The molecule has 0 aliphatic carbocycles. The van der Waals surface area contributed by atoms with E-state index in [1.807, 2.05) is 19.6 Å². The van der Waals surface area contributed by atoms with Gasteiger partial charge in [-0.15, -0.1) is 0 Å². The first-order chi connectivity index (χ1) is 8.23. The molecular weight excluding hydrogens is 255 g/mol. The van der Waals surface area contributed by atoms with Crippen molar-refractivity contribution >= 4 is 14.3 Å². The van der Waals surface area contributed by atoms with Crippen molar-refractivity contribution in [2.24, 2.45) is 0 Å². The van der Waals surface area contributed by atoms with Gasteiger partial charge in [0.2, 0.25) is 8.32 Å². The highest BCUT2D eigenvalue weighted by atomic mass is 28.4. The van der Waals surface area contributed by atoms with Crippen LogP contribution in [0.3, 0.4) is 0 Å². The molecule has 0 saturated heterocycles. The minimum atomic E-state index is -1.88. The van der Waals surface area contributed by atoms with Crippen molar-refractivity contribution in [1.82, 2.24) is 0 Å². The lowest BCUT2D eigenvalue weighted by molar-refractivity contribution is -0.136. The number of ether oxygens (including phenoxy) is 1. The zero-order chi connectivity index (χ0) is 13.9. The van der Waals surface area contributed by atoms with Gasteiger partial charge in [0.1, 0.15) is 11.6 Å². The average Bonchev–Trinajstić information content (AvgIpc) is 2.19. The second kappa shape index (κ2) is 5.39. The van der Waals surface area contributed by atoms with Gasteiger partial charge in [-0.2, -0.15) is 0 Å². The lowest BCUT2D eigenvalue weighted by Crippen LogP contribution is -2.29. The number of aliphatic carboxylic acids is 1. The molecule has 0 radical (unpaired) electrons. The summed E-state index contributed by atoms with van der Waals surface area (Å²) in [6, 6.07) is 2.56. The van der Waals surface area contributed by atoms with Gasteiger partial charge in [0, 0.05) is 11.6 Å². The molecule has 0 unspecified atom stereocenters. The van der Waals surface area contributed by atoms with Crippen LogP contribution in [-0.2, 0) is 11.2 Å². The van der Waals surface area contributed by atoms with Gasteiger partial charge in [0.15, 0.2) is 5.75 Å². The fraction of sp³-hybridized carbons (Fsp3) is 0.417. The SMILES string of the molecule is COc1cc(CC(=O)O)c(F)cc1O[Si](C)(C)C. The van der Waals surface area contributed by atoms with Crippen LogP contribution in [0.5, 0.6) is 11.5 Å². The fourth-order valence-electron chi connectivity index (χ4n) is 1.44. The molecule has 0 spiro atoms. The monoisotopic (exact) mass is 272 g/mol. The number of hydrogen-bond donors (Lipinski definition) is 1. The minimum absolute atomic E-state index is 0.0854. The van der Waals surface area contributed by atoms with E-state index in [0.717, 1.165) is 0 Å². The Labute approximate surface area is 106 Å². The highest BCUT2D eigenvalue weighted by molar-refractivity contribution is 6.70. The number of carboxylic acid groups (broad SMARTS) is 1. The van der Waals surface area contributed by atoms with Crippen LogP contribution in [0.25, 0.3) is 0 Å². The average molecular weight is 272 g/mol. The van der Waals surface area contributed by atoms with Crippen molar-refractivity contribution in [3.63, 3.8) is 0 Å². The maximum atomic E-state index is 13.7. The van der Waals surface area contributed by atoms with Crippen LogP contribution in [0.4, 0.5) is 4.39 Å². The molecule has 1 rings (SSSR count). The van der Waals surface area contributed by atoms with Crippen molar-refractivity contribution < 1.29 is 23.5 Å². The largest absolute Gasteiger partial charge is 0.542 e. The predicted molar refractivity (Wildman–Crippen MR) is 68.3 cm³/mol. The van der Waals surface area contributed by atoms with Gasteiger partial charge in [-0.3, -0.25) is 4.79 Å². The van der Waals surface area contributed by atoms with Crippen molar-refractivity contribution in [1.29, 1.82) is 0 Å². The van der Waals surface area contributed by atoms with E-state index in [1.165, 1.54) is 19.2 Å². The molecule has 0 atom stereocenters. The van der Waals surface area contributed by atoms with Crippen LogP contribution in [0.1, 0.15) is 5.56 Å². The van der Waals surface area contributed by atoms with E-state index in [4.69, 9.17) is 14.3 Å². The Morgan fingerprint density at radius 1 is 1.33 bits per heavy atom. The quantitative estimate of drug-likeness (QED) is 0.837. The maximum Gasteiger partial charge on any atom is 0.307 e. The topological polar surface area (TPSA) is 55.8 Å². The molecule has 1 N–H and O–H groups in total. The lowest BCUT2D eigenvalue weighted by Gasteiger charge is -2.21. The Kier molecular flexibility index (Phi) is 4.34. The molecule has 0 heterocycles. The Morgan fingerprint density at radius 3 is 2.39 bits per heavy atom. The Hall–Kier alpha value is -1.56. The number of methoxy groups -OCH3 is 1. The third-order valence-corrected chi connectivity index (χ3v) is 2.92. The molecule has 6 heteroatoms. The standard InChI is InChI=1S/C12H17FO4Si/c1-16-10-5-8(6-12(14)15)9(13)7-11(10)17-18(2,3)4/h5,7H,6H2,1-4H3,(H,14,15). The zero-order valence-corrected chi connectivity index (χ0v) is 11.9. The number of carbonyl (C=O) groups is 1. The molecule has 0 aliphatic rings. The second-order valence-electron chi connectivity index (χ2n) is 4.88. The molecule has 1 aromatic rings. The summed E-state index contributed by atoms with van der Waals surface area (Å²) < 4.78 is 24.5. The first-order valence-corrected chi connectivity index (χ1v) is 8.91. The summed E-state index contributed by atoms with van der Waals surface area (Å²) in [5, 5.41) is 8.68. The van der Waals surface area contributed by atoms with E-state index in [-0.39, 0.29) is 12.0 Å². The molecule has 0 amide bonds. The molecule has 0 fully saturated rings. The molecule has 100 valence electrons. The normalized spacial score (nSPS) is 11.2. The van der Waals surface area contributed by atoms with E-state index in [0.29, 0.717) is 11.5 Å². The molecule has 1 aromatic carbocycles. The van der Waals surface area contributed by atoms with E-state index in [2.05, 4.69) is 0 Å². The third-order valence-electron chi connectivity index (χ3n) is 2.09. The molecule has 0 bridgehead atoms. The lowest BCUT2D eigenvalue weighted by atomic mass is 10.1. The van der Waals surface area contributed by atoms with Crippen LogP contribution in [-0.4, -0.2) is 26.5 Å². The van der Waals surface area contributed by atoms with E-state index < -0.39 is 20.1 Å². The number of halogens is 1. The third kappa shape index (κ3) is 4.03. The summed E-state index contributed by atoms with van der Waals surface area (Å²) >= 11 is 0. The molecular formula is C12H17FO4Si. The summed E-state index contributed by atoms with van der Waals surface area (Å²) in [6.07, 6.45) is -0.380. The van der Waals surface area contributed by atoms with Gasteiger partial charge >= 0.3 is 5.97 Å². The second-order valence-corrected chi connectivity index (χ2v) is 9.31. The van der Waals surface area contributed by atoms with Crippen LogP contribution in [0.15, 0.2) is 12.1 Å². The Morgan fingerprint density at radius 2 is 1.94 bits per heavy atom. The van der Waals surface area contributed by atoms with Crippen LogP contribution < -0.4 is 9.16 Å². The smallest absolute Gasteiger partial charge is 0.307 e. The van der Waals surface area contributed by atoms with Gasteiger partial charge in [-0.1, -0.05) is 0 Å². The van der Waals surface area contributed by atoms with E-state index in [1.54, 1.807) is 0 Å². The highest BCUT2D eigenvalue weighted by Gasteiger charge is 2.21. The van der Waals surface area contributed by atoms with Crippen molar-refractivity contribution in [2.45, 2.75) is 26.1 Å². The maximum absolute atomic E-state index is 13.7. The van der Waals surface area contributed by atoms with Gasteiger partial charge in [-0.25, -0.2) is 4.39 Å². The number of carboxylic acids is 1. The number of benzene rings is 1. The Balaban J connectivity index is 3.14. The summed E-state index contributed by atoms with van der Waals surface area (Å²) in [5.74, 6) is -1.00. The van der Waals surface area contributed by atoms with Crippen molar-refractivity contribution in [3.8, 4) is 11.5 Å². The molecule has 0 saturated carbocycles. The zero-order valence-electron chi connectivity index (χ0n) is 10.9. The number of rotatable bonds is 5. The number of hydrogen-bond acceptors (Lipinski definition) is 3. The summed E-state index contributed by atoms with van der Waals surface area (Å²) in [6.45, 7) is 5.90. The molecule has 18 heavy (non-hydrogen) atoms. The van der Waals surface area contributed by atoms with Crippen LogP contribution >= 0.6 is 0 Å². The van der Waals surface area contributed by atoms with E-state index in [9.17, 15) is 9.18 Å².